The van der Waals surface area contributed by atoms with E-state index < -0.39 is 17.0 Å². The summed E-state index contributed by atoms with van der Waals surface area (Å²) in [6.07, 6.45) is 0. The summed E-state index contributed by atoms with van der Waals surface area (Å²) in [7, 11) is 0. The Morgan fingerprint density at radius 1 is 1.42 bits per heavy atom. The number of thioether (sulfide) groups is 1. The van der Waals surface area contributed by atoms with Crippen molar-refractivity contribution >= 4 is 17.7 Å². The molecule has 0 aliphatic rings. The standard InChI is InChI=1S/C13H14F2N2OS/c1-13(2,3)12(18)17-6-8-4-5-9(14)11(10(8)15)19-7-16/h4-5H,6H2,1-3H3,(H,17,18). The second-order valence-corrected chi connectivity index (χ2v) is 5.77. The molecular weight excluding hydrogens is 270 g/mol. The van der Waals surface area contributed by atoms with E-state index in [9.17, 15) is 13.6 Å². The number of amides is 1. The van der Waals surface area contributed by atoms with Crippen molar-refractivity contribution in [2.75, 3.05) is 0 Å². The molecule has 0 saturated heterocycles. The molecule has 0 fully saturated rings. The van der Waals surface area contributed by atoms with Gasteiger partial charge in [0, 0.05) is 17.5 Å². The number of carbonyl (C=O) groups is 1. The van der Waals surface area contributed by atoms with E-state index in [0.717, 1.165) is 6.07 Å². The fraction of sp³-hybridized carbons (Fsp3) is 0.385. The lowest BCUT2D eigenvalue weighted by Crippen LogP contribution is -2.34. The first-order chi connectivity index (χ1) is 8.77. The van der Waals surface area contributed by atoms with Gasteiger partial charge in [-0.05, 0) is 17.8 Å². The van der Waals surface area contributed by atoms with Gasteiger partial charge >= 0.3 is 0 Å². The van der Waals surface area contributed by atoms with Crippen LogP contribution in [0, 0.1) is 27.7 Å². The first-order valence-corrected chi connectivity index (χ1v) is 6.40. The van der Waals surface area contributed by atoms with E-state index in [0.29, 0.717) is 11.8 Å². The largest absolute Gasteiger partial charge is 0.351 e. The topological polar surface area (TPSA) is 52.9 Å². The van der Waals surface area contributed by atoms with Gasteiger partial charge in [0.25, 0.3) is 0 Å². The van der Waals surface area contributed by atoms with Crippen molar-refractivity contribution < 1.29 is 13.6 Å². The van der Waals surface area contributed by atoms with Crippen LogP contribution in [0.5, 0.6) is 0 Å². The lowest BCUT2D eigenvalue weighted by molar-refractivity contribution is -0.128. The van der Waals surface area contributed by atoms with Gasteiger partial charge in [0.2, 0.25) is 5.91 Å². The van der Waals surface area contributed by atoms with Gasteiger partial charge in [0.15, 0.2) is 0 Å². The zero-order valence-electron chi connectivity index (χ0n) is 10.9. The zero-order chi connectivity index (χ0) is 14.6. The summed E-state index contributed by atoms with van der Waals surface area (Å²) in [5.41, 5.74) is -0.433. The fourth-order valence-corrected chi connectivity index (χ4v) is 1.77. The predicted molar refractivity (Wildman–Crippen MR) is 69.1 cm³/mol. The average molecular weight is 284 g/mol. The van der Waals surface area contributed by atoms with E-state index >= 15 is 0 Å². The van der Waals surface area contributed by atoms with Crippen LogP contribution in [0.15, 0.2) is 17.0 Å². The summed E-state index contributed by atoms with van der Waals surface area (Å²) >= 11 is 0.425. The molecule has 3 nitrogen and oxygen atoms in total. The Morgan fingerprint density at radius 2 is 2.05 bits per heavy atom. The molecule has 0 aliphatic carbocycles. The van der Waals surface area contributed by atoms with E-state index in [1.807, 2.05) is 0 Å². The molecule has 0 saturated carbocycles. The van der Waals surface area contributed by atoms with Crippen molar-refractivity contribution in [3.63, 3.8) is 0 Å². The van der Waals surface area contributed by atoms with Gasteiger partial charge in [-0.1, -0.05) is 26.8 Å². The van der Waals surface area contributed by atoms with E-state index in [1.54, 1.807) is 26.2 Å². The molecule has 6 heteroatoms. The van der Waals surface area contributed by atoms with E-state index in [2.05, 4.69) is 5.32 Å². The summed E-state index contributed by atoms with van der Waals surface area (Å²) < 4.78 is 27.2. The smallest absolute Gasteiger partial charge is 0.225 e. The highest BCUT2D eigenvalue weighted by Crippen LogP contribution is 2.26. The number of nitriles is 1. The second-order valence-electron chi connectivity index (χ2n) is 4.98. The maximum absolute atomic E-state index is 13.9. The van der Waals surface area contributed by atoms with Crippen LogP contribution in [-0.4, -0.2) is 5.91 Å². The summed E-state index contributed by atoms with van der Waals surface area (Å²) in [4.78, 5) is 11.3. The Kier molecular flexibility index (Phi) is 4.90. The third kappa shape index (κ3) is 3.93. The number of carbonyl (C=O) groups excluding carboxylic acids is 1. The van der Waals surface area contributed by atoms with Crippen molar-refractivity contribution in [1.82, 2.24) is 5.32 Å². The molecular formula is C13H14F2N2OS. The van der Waals surface area contributed by atoms with Gasteiger partial charge in [-0.25, -0.2) is 8.78 Å². The molecule has 1 amide bonds. The molecule has 19 heavy (non-hydrogen) atoms. The van der Waals surface area contributed by atoms with E-state index in [1.165, 1.54) is 6.07 Å². The average Bonchev–Trinajstić information content (AvgIpc) is 2.32. The summed E-state index contributed by atoms with van der Waals surface area (Å²) in [6.45, 7) is 5.17. The van der Waals surface area contributed by atoms with Crippen LogP contribution in [0.3, 0.4) is 0 Å². The van der Waals surface area contributed by atoms with Crippen molar-refractivity contribution in [1.29, 1.82) is 5.26 Å². The molecule has 1 N–H and O–H groups in total. The molecule has 0 aliphatic heterocycles. The molecule has 0 heterocycles. The van der Waals surface area contributed by atoms with Crippen LogP contribution in [0.25, 0.3) is 0 Å². The van der Waals surface area contributed by atoms with Crippen LogP contribution >= 0.6 is 11.8 Å². The Balaban J connectivity index is 2.89. The Hall–Kier alpha value is -1.61. The highest BCUT2D eigenvalue weighted by atomic mass is 32.2. The number of hydrogen-bond acceptors (Lipinski definition) is 3. The van der Waals surface area contributed by atoms with Gasteiger partial charge in [-0.3, -0.25) is 4.79 Å². The molecule has 102 valence electrons. The van der Waals surface area contributed by atoms with Gasteiger partial charge in [0.1, 0.15) is 17.0 Å². The maximum atomic E-state index is 13.9. The van der Waals surface area contributed by atoms with Crippen molar-refractivity contribution in [3.05, 3.63) is 29.3 Å². The Morgan fingerprint density at radius 3 is 2.58 bits per heavy atom. The molecule has 0 bridgehead atoms. The molecule has 0 aromatic heterocycles. The summed E-state index contributed by atoms with van der Waals surface area (Å²) in [5, 5.41) is 12.7. The van der Waals surface area contributed by atoms with Crippen LogP contribution < -0.4 is 5.32 Å². The minimum Gasteiger partial charge on any atom is -0.351 e. The van der Waals surface area contributed by atoms with E-state index in [4.69, 9.17) is 5.26 Å². The number of benzene rings is 1. The Bertz CT molecular complexity index is 533. The first kappa shape index (κ1) is 15.4. The number of thiocyanates is 1. The molecule has 0 unspecified atom stereocenters. The van der Waals surface area contributed by atoms with Crippen molar-refractivity contribution in [3.8, 4) is 5.40 Å². The number of nitrogens with one attached hydrogen (secondary N) is 1. The van der Waals surface area contributed by atoms with Crippen LogP contribution in [0.1, 0.15) is 26.3 Å². The lowest BCUT2D eigenvalue weighted by atomic mass is 9.95. The monoisotopic (exact) mass is 284 g/mol. The van der Waals surface area contributed by atoms with Crippen LogP contribution in [0.4, 0.5) is 8.78 Å². The summed E-state index contributed by atoms with van der Waals surface area (Å²) in [5.74, 6) is -1.82. The van der Waals surface area contributed by atoms with Crippen molar-refractivity contribution in [2.24, 2.45) is 5.41 Å². The van der Waals surface area contributed by atoms with Crippen LogP contribution in [0.2, 0.25) is 0 Å². The zero-order valence-corrected chi connectivity index (χ0v) is 11.7. The highest BCUT2D eigenvalue weighted by Gasteiger charge is 2.21. The minimum atomic E-state index is -0.805. The van der Waals surface area contributed by atoms with Gasteiger partial charge in [-0.2, -0.15) is 5.26 Å². The fourth-order valence-electron chi connectivity index (χ4n) is 1.29. The third-order valence-corrected chi connectivity index (χ3v) is 3.07. The number of hydrogen-bond donors (Lipinski definition) is 1. The predicted octanol–water partition coefficient (Wildman–Crippen LogP) is 3.20. The van der Waals surface area contributed by atoms with Gasteiger partial charge in [0.05, 0.1) is 4.90 Å². The van der Waals surface area contributed by atoms with Gasteiger partial charge < -0.3 is 5.32 Å². The first-order valence-electron chi connectivity index (χ1n) is 5.58. The molecule has 1 rings (SSSR count). The maximum Gasteiger partial charge on any atom is 0.225 e. The third-order valence-electron chi connectivity index (χ3n) is 2.40. The van der Waals surface area contributed by atoms with Gasteiger partial charge in [-0.15, -0.1) is 0 Å². The lowest BCUT2D eigenvalue weighted by Gasteiger charge is -2.18. The Labute approximate surface area is 115 Å². The molecule has 0 radical (unpaired) electrons. The second kappa shape index (κ2) is 6.02. The molecule has 0 spiro atoms. The van der Waals surface area contributed by atoms with Crippen molar-refractivity contribution in [2.45, 2.75) is 32.2 Å². The normalized spacial score (nSPS) is 10.9. The van der Waals surface area contributed by atoms with E-state index in [-0.39, 0.29) is 22.9 Å². The highest BCUT2D eigenvalue weighted by molar-refractivity contribution is 8.03. The quantitative estimate of drug-likeness (QED) is 0.685. The number of nitrogens with zero attached hydrogens (tertiary/aromatic N) is 1. The number of halogens is 2. The number of rotatable bonds is 3. The van der Waals surface area contributed by atoms with Crippen LogP contribution in [-0.2, 0) is 11.3 Å². The molecule has 0 atom stereocenters. The minimum absolute atomic E-state index is 0.0405. The molecule has 1 aromatic rings. The summed E-state index contributed by atoms with van der Waals surface area (Å²) in [6, 6.07) is 2.34. The molecule has 1 aromatic carbocycles. The SMILES string of the molecule is CC(C)(C)C(=O)NCc1ccc(F)c(SC#N)c1F.